The van der Waals surface area contributed by atoms with Gasteiger partial charge >= 0.3 is 0 Å². The summed E-state index contributed by atoms with van der Waals surface area (Å²) in [6.45, 7) is 4.82. The predicted octanol–water partition coefficient (Wildman–Crippen LogP) is 1.09. The highest BCUT2D eigenvalue weighted by Crippen LogP contribution is 2.23. The molecular weight excluding hydrogens is 276 g/mol. The molecule has 0 aromatic carbocycles. The highest BCUT2D eigenvalue weighted by atomic mass is 32.2. The average molecular weight is 298 g/mol. The summed E-state index contributed by atoms with van der Waals surface area (Å²) in [6.07, 6.45) is 1.42. The number of nitrogens with zero attached hydrogens (tertiary/aromatic N) is 3. The summed E-state index contributed by atoms with van der Waals surface area (Å²) >= 11 is 0. The van der Waals surface area contributed by atoms with Crippen LogP contribution in [0.25, 0.3) is 0 Å². The molecule has 6 nitrogen and oxygen atoms in total. The van der Waals surface area contributed by atoms with Crippen molar-refractivity contribution in [3.63, 3.8) is 0 Å². The molecule has 1 N–H and O–H groups in total. The van der Waals surface area contributed by atoms with Crippen molar-refractivity contribution in [2.45, 2.75) is 32.7 Å². The molecule has 0 radical (unpaired) electrons. The number of rotatable bonds is 5. The molecule has 0 aliphatic carbocycles. The standard InChI is InChI=1S/C13H22N4O2S/c1-4-11-15-12(14-5-2)8-13(16-11)17(3)10-6-7-20(18,19)9-10/h8,10H,4-7,9H2,1-3H3,(H,14,15,16). The fraction of sp³-hybridized carbons (Fsp3) is 0.692. The molecule has 0 bridgehead atoms. The predicted molar refractivity (Wildman–Crippen MR) is 81.0 cm³/mol. The Morgan fingerprint density at radius 3 is 2.70 bits per heavy atom. The number of anilines is 2. The molecule has 2 heterocycles. The number of hydrogen-bond acceptors (Lipinski definition) is 6. The van der Waals surface area contributed by atoms with E-state index in [2.05, 4.69) is 15.3 Å². The fourth-order valence-corrected chi connectivity index (χ4v) is 4.14. The Bertz CT molecular complexity index is 574. The summed E-state index contributed by atoms with van der Waals surface area (Å²) in [5.74, 6) is 2.84. The second-order valence-electron chi connectivity index (χ2n) is 5.08. The van der Waals surface area contributed by atoms with Gasteiger partial charge in [-0.3, -0.25) is 0 Å². The minimum Gasteiger partial charge on any atom is -0.370 e. The Hall–Kier alpha value is -1.37. The Morgan fingerprint density at radius 1 is 1.40 bits per heavy atom. The van der Waals surface area contributed by atoms with Gasteiger partial charge in [0.1, 0.15) is 17.5 Å². The molecule has 20 heavy (non-hydrogen) atoms. The molecule has 0 amide bonds. The molecule has 112 valence electrons. The van der Waals surface area contributed by atoms with E-state index in [-0.39, 0.29) is 17.5 Å². The minimum absolute atomic E-state index is 0.00841. The van der Waals surface area contributed by atoms with Crippen molar-refractivity contribution >= 4 is 21.5 Å². The van der Waals surface area contributed by atoms with Gasteiger partial charge in [0, 0.05) is 32.1 Å². The van der Waals surface area contributed by atoms with E-state index in [4.69, 9.17) is 0 Å². The van der Waals surface area contributed by atoms with E-state index >= 15 is 0 Å². The van der Waals surface area contributed by atoms with Crippen LogP contribution in [0.4, 0.5) is 11.6 Å². The summed E-state index contributed by atoms with van der Waals surface area (Å²) in [7, 11) is -0.979. The fourth-order valence-electron chi connectivity index (χ4n) is 2.36. The van der Waals surface area contributed by atoms with Gasteiger partial charge < -0.3 is 10.2 Å². The van der Waals surface area contributed by atoms with Crippen molar-refractivity contribution < 1.29 is 8.42 Å². The number of nitrogens with one attached hydrogen (secondary N) is 1. The van der Waals surface area contributed by atoms with Crippen LogP contribution in [0.15, 0.2) is 6.07 Å². The van der Waals surface area contributed by atoms with Gasteiger partial charge in [0.25, 0.3) is 0 Å². The Morgan fingerprint density at radius 2 is 2.15 bits per heavy atom. The number of aromatic nitrogens is 2. The van der Waals surface area contributed by atoms with Gasteiger partial charge in [-0.15, -0.1) is 0 Å². The van der Waals surface area contributed by atoms with Crippen molar-refractivity contribution in [2.75, 3.05) is 35.3 Å². The Labute approximate surface area is 120 Å². The Kier molecular flexibility index (Phi) is 4.47. The highest BCUT2D eigenvalue weighted by molar-refractivity contribution is 7.91. The van der Waals surface area contributed by atoms with Gasteiger partial charge in [0.05, 0.1) is 11.5 Å². The highest BCUT2D eigenvalue weighted by Gasteiger charge is 2.31. The van der Waals surface area contributed by atoms with Crippen LogP contribution in [0.2, 0.25) is 0 Å². The largest absolute Gasteiger partial charge is 0.370 e. The molecule has 1 unspecified atom stereocenters. The second kappa shape index (κ2) is 5.95. The molecule has 1 fully saturated rings. The Balaban J connectivity index is 2.24. The van der Waals surface area contributed by atoms with Gasteiger partial charge in [0.2, 0.25) is 0 Å². The van der Waals surface area contributed by atoms with Crippen molar-refractivity contribution in [3.05, 3.63) is 11.9 Å². The quantitative estimate of drug-likeness (QED) is 0.877. The lowest BCUT2D eigenvalue weighted by Crippen LogP contribution is -2.33. The van der Waals surface area contributed by atoms with E-state index in [9.17, 15) is 8.42 Å². The zero-order chi connectivity index (χ0) is 14.8. The van der Waals surface area contributed by atoms with Crippen molar-refractivity contribution in [1.29, 1.82) is 0 Å². The van der Waals surface area contributed by atoms with Crippen molar-refractivity contribution in [3.8, 4) is 0 Å². The monoisotopic (exact) mass is 298 g/mol. The molecule has 7 heteroatoms. The van der Waals surface area contributed by atoms with Crippen LogP contribution < -0.4 is 10.2 Å². The van der Waals surface area contributed by atoms with Crippen LogP contribution in [0.5, 0.6) is 0 Å². The molecular formula is C13H22N4O2S. The van der Waals surface area contributed by atoms with Gasteiger partial charge in [-0.25, -0.2) is 18.4 Å². The van der Waals surface area contributed by atoms with Crippen molar-refractivity contribution in [2.24, 2.45) is 0 Å². The van der Waals surface area contributed by atoms with Crippen LogP contribution >= 0.6 is 0 Å². The average Bonchev–Trinajstić information content (AvgIpc) is 2.78. The molecule has 0 saturated carbocycles. The lowest BCUT2D eigenvalue weighted by atomic mass is 10.2. The summed E-state index contributed by atoms with van der Waals surface area (Å²) in [5, 5.41) is 3.19. The summed E-state index contributed by atoms with van der Waals surface area (Å²) in [6, 6.07) is 1.89. The third kappa shape index (κ3) is 3.39. The smallest absolute Gasteiger partial charge is 0.152 e. The molecule has 0 spiro atoms. The van der Waals surface area contributed by atoms with E-state index < -0.39 is 9.84 Å². The third-order valence-electron chi connectivity index (χ3n) is 3.55. The van der Waals surface area contributed by atoms with E-state index in [0.717, 1.165) is 30.4 Å². The zero-order valence-corrected chi connectivity index (χ0v) is 13.1. The first-order chi connectivity index (χ1) is 9.45. The number of sulfone groups is 1. The maximum Gasteiger partial charge on any atom is 0.152 e. The minimum atomic E-state index is -2.89. The maximum atomic E-state index is 11.6. The normalized spacial score (nSPS) is 20.9. The third-order valence-corrected chi connectivity index (χ3v) is 5.30. The summed E-state index contributed by atoms with van der Waals surface area (Å²) in [5.41, 5.74) is 0. The lowest BCUT2D eigenvalue weighted by molar-refractivity contribution is 0.600. The van der Waals surface area contributed by atoms with Crippen molar-refractivity contribution in [1.82, 2.24) is 9.97 Å². The van der Waals surface area contributed by atoms with Gasteiger partial charge in [-0.1, -0.05) is 6.92 Å². The first kappa shape index (κ1) is 15.0. The first-order valence-corrected chi connectivity index (χ1v) is 8.82. The van der Waals surface area contributed by atoms with Crippen LogP contribution in [-0.4, -0.2) is 49.5 Å². The van der Waals surface area contributed by atoms with Crippen LogP contribution in [0.3, 0.4) is 0 Å². The molecule has 1 aromatic rings. The van der Waals surface area contributed by atoms with Crippen LogP contribution in [0, 0.1) is 0 Å². The number of hydrogen-bond donors (Lipinski definition) is 1. The van der Waals surface area contributed by atoms with E-state index in [0.29, 0.717) is 6.42 Å². The molecule has 1 aliphatic heterocycles. The molecule has 1 aromatic heterocycles. The van der Waals surface area contributed by atoms with Gasteiger partial charge in [-0.05, 0) is 13.3 Å². The van der Waals surface area contributed by atoms with E-state index in [1.165, 1.54) is 0 Å². The molecule has 1 saturated heterocycles. The van der Waals surface area contributed by atoms with Gasteiger partial charge in [-0.2, -0.15) is 0 Å². The molecule has 1 aliphatic rings. The second-order valence-corrected chi connectivity index (χ2v) is 7.31. The lowest BCUT2D eigenvalue weighted by Gasteiger charge is -2.25. The zero-order valence-electron chi connectivity index (χ0n) is 12.3. The van der Waals surface area contributed by atoms with Crippen LogP contribution in [0.1, 0.15) is 26.1 Å². The molecule has 2 rings (SSSR count). The molecule has 1 atom stereocenters. The number of aryl methyl sites for hydroxylation is 1. The summed E-state index contributed by atoms with van der Waals surface area (Å²) < 4.78 is 23.2. The SMILES string of the molecule is CCNc1cc(N(C)C2CCS(=O)(=O)C2)nc(CC)n1. The van der Waals surface area contributed by atoms with Gasteiger partial charge in [0.15, 0.2) is 9.84 Å². The first-order valence-electron chi connectivity index (χ1n) is 7.00. The van der Waals surface area contributed by atoms with E-state index in [1.807, 2.05) is 31.9 Å². The van der Waals surface area contributed by atoms with E-state index in [1.54, 1.807) is 0 Å². The van der Waals surface area contributed by atoms with Crippen LogP contribution in [-0.2, 0) is 16.3 Å². The maximum absolute atomic E-state index is 11.6. The summed E-state index contributed by atoms with van der Waals surface area (Å²) in [4.78, 5) is 10.9. The topological polar surface area (TPSA) is 75.2 Å².